The Balaban J connectivity index is 2.11. The fraction of sp³-hybridized carbons (Fsp3) is 0.400. The van der Waals surface area contributed by atoms with Crippen LogP contribution in [0.1, 0.15) is 31.9 Å². The highest BCUT2D eigenvalue weighted by atomic mass is 79.9. The van der Waals surface area contributed by atoms with Crippen LogP contribution in [0.2, 0.25) is 0 Å². The fourth-order valence-corrected chi connectivity index (χ4v) is 2.97. The van der Waals surface area contributed by atoms with E-state index in [4.69, 9.17) is 9.47 Å². The molecule has 0 unspecified atom stereocenters. The van der Waals surface area contributed by atoms with E-state index in [1.807, 2.05) is 25.1 Å². The molecule has 0 bridgehead atoms. The van der Waals surface area contributed by atoms with Gasteiger partial charge in [-0.15, -0.1) is 0 Å². The van der Waals surface area contributed by atoms with Gasteiger partial charge in [0, 0.05) is 6.54 Å². The average molecular weight is 392 g/mol. The number of ether oxygens (including phenoxy) is 2. The molecular weight excluding hydrogens is 366 g/mol. The summed E-state index contributed by atoms with van der Waals surface area (Å²) < 4.78 is 12.7. The maximum atomic E-state index is 6.01. The van der Waals surface area contributed by atoms with E-state index in [1.165, 1.54) is 5.56 Å². The standard InChI is InChI=1S/C20H26BrNO2/c1-4-23-19-11-17(13-22-12-15(2)3)10-18(21)20(19)24-14-16-8-6-5-7-9-16/h5-11,15,22H,4,12-14H2,1-3H3. The molecule has 1 N–H and O–H groups in total. The monoisotopic (exact) mass is 391 g/mol. The quantitative estimate of drug-likeness (QED) is 0.639. The van der Waals surface area contributed by atoms with Crippen LogP contribution in [-0.4, -0.2) is 13.2 Å². The maximum absolute atomic E-state index is 6.01. The largest absolute Gasteiger partial charge is 0.490 e. The van der Waals surface area contributed by atoms with Crippen molar-refractivity contribution in [2.45, 2.75) is 33.9 Å². The van der Waals surface area contributed by atoms with Crippen molar-refractivity contribution in [2.24, 2.45) is 5.92 Å². The summed E-state index contributed by atoms with van der Waals surface area (Å²) in [4.78, 5) is 0. The van der Waals surface area contributed by atoms with Gasteiger partial charge in [0.25, 0.3) is 0 Å². The molecular formula is C20H26BrNO2. The van der Waals surface area contributed by atoms with Crippen molar-refractivity contribution >= 4 is 15.9 Å². The molecule has 2 rings (SSSR count). The van der Waals surface area contributed by atoms with Gasteiger partial charge in [0.1, 0.15) is 6.61 Å². The maximum Gasteiger partial charge on any atom is 0.175 e. The highest BCUT2D eigenvalue weighted by Gasteiger charge is 2.12. The molecule has 0 aromatic heterocycles. The lowest BCUT2D eigenvalue weighted by molar-refractivity contribution is 0.267. The van der Waals surface area contributed by atoms with Gasteiger partial charge >= 0.3 is 0 Å². The average Bonchev–Trinajstić information content (AvgIpc) is 2.55. The third-order valence-electron chi connectivity index (χ3n) is 3.48. The van der Waals surface area contributed by atoms with Crippen LogP contribution in [0, 0.1) is 5.92 Å². The van der Waals surface area contributed by atoms with Crippen LogP contribution in [0.25, 0.3) is 0 Å². The molecule has 2 aromatic carbocycles. The summed E-state index contributed by atoms with van der Waals surface area (Å²) in [6, 6.07) is 14.3. The number of benzene rings is 2. The normalized spacial score (nSPS) is 10.9. The molecule has 0 aliphatic rings. The van der Waals surface area contributed by atoms with Crippen LogP contribution in [0.3, 0.4) is 0 Å². The zero-order valence-electron chi connectivity index (χ0n) is 14.6. The minimum atomic E-state index is 0.518. The molecule has 0 fully saturated rings. The number of halogens is 1. The summed E-state index contributed by atoms with van der Waals surface area (Å²) in [7, 11) is 0. The first kappa shape index (κ1) is 18.8. The van der Waals surface area contributed by atoms with Crippen molar-refractivity contribution in [1.29, 1.82) is 0 Å². The van der Waals surface area contributed by atoms with E-state index in [2.05, 4.69) is 59.4 Å². The summed E-state index contributed by atoms with van der Waals surface area (Å²) in [6.45, 7) is 9.33. The van der Waals surface area contributed by atoms with Crippen LogP contribution in [-0.2, 0) is 13.2 Å². The van der Waals surface area contributed by atoms with Gasteiger partial charge in [-0.3, -0.25) is 0 Å². The van der Waals surface area contributed by atoms with Gasteiger partial charge in [0.2, 0.25) is 0 Å². The van der Waals surface area contributed by atoms with E-state index in [0.29, 0.717) is 19.1 Å². The van der Waals surface area contributed by atoms with Crippen LogP contribution >= 0.6 is 15.9 Å². The molecule has 0 aliphatic heterocycles. The number of nitrogens with one attached hydrogen (secondary N) is 1. The fourth-order valence-electron chi connectivity index (χ4n) is 2.36. The SMILES string of the molecule is CCOc1cc(CNCC(C)C)cc(Br)c1OCc1ccccc1. The van der Waals surface area contributed by atoms with Crippen molar-refractivity contribution in [3.63, 3.8) is 0 Å². The smallest absolute Gasteiger partial charge is 0.175 e. The van der Waals surface area contributed by atoms with Crippen LogP contribution in [0.5, 0.6) is 11.5 Å². The molecule has 0 atom stereocenters. The Hall–Kier alpha value is -1.52. The third kappa shape index (κ3) is 5.84. The van der Waals surface area contributed by atoms with E-state index < -0.39 is 0 Å². The molecule has 0 spiro atoms. The lowest BCUT2D eigenvalue weighted by Gasteiger charge is -2.16. The Morgan fingerprint density at radius 3 is 2.46 bits per heavy atom. The number of rotatable bonds is 9. The van der Waals surface area contributed by atoms with Crippen molar-refractivity contribution in [3.05, 3.63) is 58.1 Å². The molecule has 0 aliphatic carbocycles. The predicted molar refractivity (Wildman–Crippen MR) is 103 cm³/mol. The Morgan fingerprint density at radius 1 is 1.04 bits per heavy atom. The first-order valence-electron chi connectivity index (χ1n) is 8.42. The van der Waals surface area contributed by atoms with Gasteiger partial charge < -0.3 is 14.8 Å². The molecule has 0 heterocycles. The van der Waals surface area contributed by atoms with Crippen molar-refractivity contribution in [3.8, 4) is 11.5 Å². The molecule has 0 radical (unpaired) electrons. The lowest BCUT2D eigenvalue weighted by Crippen LogP contribution is -2.19. The molecule has 4 heteroatoms. The van der Waals surface area contributed by atoms with Gasteiger partial charge in [-0.05, 0) is 58.6 Å². The zero-order chi connectivity index (χ0) is 17.4. The second-order valence-electron chi connectivity index (χ2n) is 6.14. The third-order valence-corrected chi connectivity index (χ3v) is 4.07. The van der Waals surface area contributed by atoms with Gasteiger partial charge in [-0.2, -0.15) is 0 Å². The molecule has 0 saturated carbocycles. The lowest BCUT2D eigenvalue weighted by atomic mass is 10.1. The van der Waals surface area contributed by atoms with E-state index in [-0.39, 0.29) is 0 Å². The van der Waals surface area contributed by atoms with Gasteiger partial charge in [0.05, 0.1) is 11.1 Å². The van der Waals surface area contributed by atoms with Gasteiger partial charge in [-0.1, -0.05) is 44.2 Å². The van der Waals surface area contributed by atoms with Gasteiger partial charge in [-0.25, -0.2) is 0 Å². The summed E-state index contributed by atoms with van der Waals surface area (Å²) >= 11 is 3.63. The Morgan fingerprint density at radius 2 is 1.79 bits per heavy atom. The van der Waals surface area contributed by atoms with Crippen LogP contribution in [0.15, 0.2) is 46.9 Å². The molecule has 2 aromatic rings. The van der Waals surface area contributed by atoms with Crippen molar-refractivity contribution in [1.82, 2.24) is 5.32 Å². The van der Waals surface area contributed by atoms with E-state index >= 15 is 0 Å². The minimum absolute atomic E-state index is 0.518. The van der Waals surface area contributed by atoms with Crippen LogP contribution in [0.4, 0.5) is 0 Å². The van der Waals surface area contributed by atoms with E-state index in [9.17, 15) is 0 Å². The van der Waals surface area contributed by atoms with E-state index in [1.54, 1.807) is 0 Å². The Kier molecular flexibility index (Phi) is 7.60. The first-order chi connectivity index (χ1) is 11.6. The highest BCUT2D eigenvalue weighted by molar-refractivity contribution is 9.10. The summed E-state index contributed by atoms with van der Waals surface area (Å²) in [5, 5.41) is 3.46. The topological polar surface area (TPSA) is 30.5 Å². The number of hydrogen-bond acceptors (Lipinski definition) is 3. The van der Waals surface area contributed by atoms with Crippen molar-refractivity contribution < 1.29 is 9.47 Å². The molecule has 3 nitrogen and oxygen atoms in total. The Labute approximate surface area is 153 Å². The molecule has 130 valence electrons. The van der Waals surface area contributed by atoms with Crippen molar-refractivity contribution in [2.75, 3.05) is 13.2 Å². The predicted octanol–water partition coefficient (Wildman–Crippen LogP) is 5.17. The number of hydrogen-bond donors (Lipinski definition) is 1. The zero-order valence-corrected chi connectivity index (χ0v) is 16.2. The minimum Gasteiger partial charge on any atom is -0.490 e. The summed E-state index contributed by atoms with van der Waals surface area (Å²) in [5.74, 6) is 2.17. The first-order valence-corrected chi connectivity index (χ1v) is 9.22. The highest BCUT2D eigenvalue weighted by Crippen LogP contribution is 2.37. The molecule has 0 amide bonds. The van der Waals surface area contributed by atoms with Crippen LogP contribution < -0.4 is 14.8 Å². The Bertz CT molecular complexity index is 629. The molecule has 24 heavy (non-hydrogen) atoms. The summed E-state index contributed by atoms with van der Waals surface area (Å²) in [6.07, 6.45) is 0. The van der Waals surface area contributed by atoms with Gasteiger partial charge in [0.15, 0.2) is 11.5 Å². The second-order valence-corrected chi connectivity index (χ2v) is 6.99. The summed E-state index contributed by atoms with van der Waals surface area (Å²) in [5.41, 5.74) is 2.31. The second kappa shape index (κ2) is 9.70. The van der Waals surface area contributed by atoms with E-state index in [0.717, 1.165) is 34.6 Å². The molecule has 0 saturated heterocycles.